The van der Waals surface area contributed by atoms with Gasteiger partial charge in [-0.1, -0.05) is 116 Å². The van der Waals surface area contributed by atoms with Gasteiger partial charge in [0.2, 0.25) is 0 Å². The SMILES string of the molecule is CC1=C(C)C(C)C([Si](c2ccccc2)(c2ccccc2)C2CCCCC2)=C1C. The maximum absolute atomic E-state index is 2.47. The Balaban J connectivity index is 2.05. The average molecular weight is 387 g/mol. The summed E-state index contributed by atoms with van der Waals surface area (Å²) in [7, 11) is -2.09. The largest absolute Gasteiger partial charge is 0.148 e. The van der Waals surface area contributed by atoms with Gasteiger partial charge >= 0.3 is 0 Å². The van der Waals surface area contributed by atoms with Crippen LogP contribution in [0.1, 0.15) is 59.8 Å². The lowest BCUT2D eigenvalue weighted by atomic mass is 10.00. The van der Waals surface area contributed by atoms with Crippen LogP contribution in [-0.2, 0) is 0 Å². The maximum Gasteiger partial charge on any atom is 0.148 e. The molecule has 2 aliphatic carbocycles. The second-order valence-corrected chi connectivity index (χ2v) is 13.1. The maximum atomic E-state index is 2.47. The molecule has 0 amide bonds. The molecule has 2 aromatic rings. The van der Waals surface area contributed by atoms with Crippen molar-refractivity contribution in [1.82, 2.24) is 0 Å². The minimum absolute atomic E-state index is 0.564. The van der Waals surface area contributed by atoms with E-state index in [2.05, 4.69) is 88.4 Å². The molecule has 2 aromatic carbocycles. The van der Waals surface area contributed by atoms with Crippen LogP contribution in [0.4, 0.5) is 0 Å². The van der Waals surface area contributed by atoms with Crippen LogP contribution in [0, 0.1) is 5.92 Å². The summed E-state index contributed by atoms with van der Waals surface area (Å²) < 4.78 is 0. The minimum atomic E-state index is -2.09. The normalized spacial score (nSPS) is 21.5. The Labute approximate surface area is 172 Å². The summed E-state index contributed by atoms with van der Waals surface area (Å²) >= 11 is 0. The summed E-state index contributed by atoms with van der Waals surface area (Å²) in [4.78, 5) is 0. The van der Waals surface area contributed by atoms with Gasteiger partial charge in [0.15, 0.2) is 0 Å². The molecule has 1 heteroatoms. The topological polar surface area (TPSA) is 0 Å². The van der Waals surface area contributed by atoms with Crippen molar-refractivity contribution in [2.24, 2.45) is 5.92 Å². The summed E-state index contributed by atoms with van der Waals surface area (Å²) in [6.07, 6.45) is 6.97. The molecule has 1 saturated carbocycles. The summed E-state index contributed by atoms with van der Waals surface area (Å²) in [5, 5.41) is 5.04. The minimum Gasteiger partial charge on any atom is -0.0636 e. The molecule has 2 aliphatic rings. The van der Waals surface area contributed by atoms with Crippen molar-refractivity contribution in [3.63, 3.8) is 0 Å². The lowest BCUT2D eigenvalue weighted by Gasteiger charge is -2.45. The predicted octanol–water partition coefficient (Wildman–Crippen LogP) is 6.43. The van der Waals surface area contributed by atoms with Crippen molar-refractivity contribution in [1.29, 1.82) is 0 Å². The fourth-order valence-corrected chi connectivity index (χ4v) is 12.8. The molecule has 1 unspecified atom stereocenters. The van der Waals surface area contributed by atoms with Gasteiger partial charge in [-0.25, -0.2) is 0 Å². The fourth-order valence-electron chi connectivity index (χ4n) is 6.11. The van der Waals surface area contributed by atoms with Crippen molar-refractivity contribution in [3.05, 3.63) is 82.6 Å². The van der Waals surface area contributed by atoms with E-state index in [-0.39, 0.29) is 0 Å². The standard InChI is InChI=1S/C27H34Si/c1-20-21(2)23(4)27(22(20)3)28(24-14-8-5-9-15-24,25-16-10-6-11-17-25)26-18-12-7-13-19-26/h5-6,8-11,14-17,22,26H,7,12-13,18-19H2,1-4H3. The van der Waals surface area contributed by atoms with E-state index in [4.69, 9.17) is 0 Å². The lowest BCUT2D eigenvalue weighted by molar-refractivity contribution is 0.494. The lowest BCUT2D eigenvalue weighted by Crippen LogP contribution is -2.64. The second-order valence-electron chi connectivity index (χ2n) is 8.94. The number of hydrogen-bond donors (Lipinski definition) is 0. The molecule has 1 atom stereocenters. The third-order valence-electron chi connectivity index (χ3n) is 7.74. The highest BCUT2D eigenvalue weighted by Crippen LogP contribution is 2.48. The van der Waals surface area contributed by atoms with Crippen LogP contribution in [0.15, 0.2) is 82.6 Å². The highest BCUT2D eigenvalue weighted by Gasteiger charge is 2.51. The number of hydrogen-bond acceptors (Lipinski definition) is 0. The van der Waals surface area contributed by atoms with Gasteiger partial charge in [-0.05, 0) is 48.2 Å². The van der Waals surface area contributed by atoms with Crippen molar-refractivity contribution < 1.29 is 0 Å². The van der Waals surface area contributed by atoms with E-state index in [9.17, 15) is 0 Å². The molecule has 0 nitrogen and oxygen atoms in total. The Morgan fingerprint density at radius 1 is 0.679 bits per heavy atom. The zero-order chi connectivity index (χ0) is 19.7. The zero-order valence-corrected chi connectivity index (χ0v) is 19.0. The molecule has 0 saturated heterocycles. The smallest absolute Gasteiger partial charge is 0.0636 e. The van der Waals surface area contributed by atoms with E-state index in [1.807, 2.05) is 0 Å². The highest BCUT2D eigenvalue weighted by atomic mass is 28.3. The Morgan fingerprint density at radius 3 is 1.61 bits per heavy atom. The molecule has 1 fully saturated rings. The van der Waals surface area contributed by atoms with E-state index in [1.54, 1.807) is 32.3 Å². The van der Waals surface area contributed by atoms with Crippen LogP contribution in [0.2, 0.25) is 5.54 Å². The molecule has 28 heavy (non-hydrogen) atoms. The van der Waals surface area contributed by atoms with E-state index < -0.39 is 8.07 Å². The molecule has 0 N–H and O–H groups in total. The first-order chi connectivity index (χ1) is 13.6. The van der Waals surface area contributed by atoms with E-state index in [1.165, 1.54) is 32.1 Å². The van der Waals surface area contributed by atoms with Crippen molar-refractivity contribution in [2.45, 2.75) is 65.3 Å². The molecular weight excluding hydrogens is 352 g/mol. The third-order valence-corrected chi connectivity index (χ3v) is 13.7. The van der Waals surface area contributed by atoms with Crippen molar-refractivity contribution in [3.8, 4) is 0 Å². The Bertz CT molecular complexity index is 843. The first kappa shape index (κ1) is 19.5. The van der Waals surface area contributed by atoms with Crippen LogP contribution in [0.3, 0.4) is 0 Å². The van der Waals surface area contributed by atoms with Crippen molar-refractivity contribution in [2.75, 3.05) is 0 Å². The molecule has 0 bridgehead atoms. The molecule has 0 aliphatic heterocycles. The third kappa shape index (κ3) is 2.95. The monoisotopic (exact) mass is 386 g/mol. The number of benzene rings is 2. The van der Waals surface area contributed by atoms with Crippen molar-refractivity contribution >= 4 is 18.4 Å². The van der Waals surface area contributed by atoms with Gasteiger partial charge in [0, 0.05) is 0 Å². The number of rotatable bonds is 4. The van der Waals surface area contributed by atoms with E-state index >= 15 is 0 Å². The fraction of sp³-hybridized carbons (Fsp3) is 0.407. The molecule has 0 heterocycles. The predicted molar refractivity (Wildman–Crippen MR) is 125 cm³/mol. The van der Waals surface area contributed by atoms with Gasteiger partial charge in [0.25, 0.3) is 0 Å². The molecule has 0 spiro atoms. The number of allylic oxidation sites excluding steroid dienone is 4. The van der Waals surface area contributed by atoms with Crippen LogP contribution in [0.25, 0.3) is 0 Å². The summed E-state index contributed by atoms with van der Waals surface area (Å²) in [5.74, 6) is 0.564. The van der Waals surface area contributed by atoms with Gasteiger partial charge in [-0.3, -0.25) is 0 Å². The first-order valence-corrected chi connectivity index (χ1v) is 13.2. The van der Waals surface area contributed by atoms with Crippen LogP contribution >= 0.6 is 0 Å². The Kier molecular flexibility index (Phi) is 5.47. The van der Waals surface area contributed by atoms with Crippen LogP contribution < -0.4 is 10.4 Å². The second kappa shape index (κ2) is 7.87. The molecule has 0 aromatic heterocycles. The van der Waals surface area contributed by atoms with Gasteiger partial charge in [0.1, 0.15) is 8.07 Å². The van der Waals surface area contributed by atoms with Crippen LogP contribution in [0.5, 0.6) is 0 Å². The Morgan fingerprint density at radius 2 is 1.18 bits per heavy atom. The zero-order valence-electron chi connectivity index (χ0n) is 18.0. The summed E-state index contributed by atoms with van der Waals surface area (Å²) in [6.45, 7) is 9.60. The van der Waals surface area contributed by atoms with Gasteiger partial charge in [-0.2, -0.15) is 0 Å². The van der Waals surface area contributed by atoms with Gasteiger partial charge < -0.3 is 0 Å². The first-order valence-electron chi connectivity index (χ1n) is 11.1. The quantitative estimate of drug-likeness (QED) is 0.531. The highest BCUT2D eigenvalue weighted by molar-refractivity contribution is 7.08. The van der Waals surface area contributed by atoms with Gasteiger partial charge in [0.05, 0.1) is 0 Å². The molecule has 4 rings (SSSR count). The summed E-state index contributed by atoms with van der Waals surface area (Å²) in [5.41, 5.74) is 5.53. The molecular formula is C27H34Si. The molecule has 0 radical (unpaired) electrons. The van der Waals surface area contributed by atoms with E-state index in [0.717, 1.165) is 5.54 Å². The molecule has 146 valence electrons. The van der Waals surface area contributed by atoms with Gasteiger partial charge in [-0.15, -0.1) is 0 Å². The Hall–Kier alpha value is -1.86. The average Bonchev–Trinajstić information content (AvgIpc) is 2.95. The van der Waals surface area contributed by atoms with E-state index in [0.29, 0.717) is 5.92 Å². The van der Waals surface area contributed by atoms with Crippen LogP contribution in [-0.4, -0.2) is 8.07 Å². The summed E-state index contributed by atoms with van der Waals surface area (Å²) in [6, 6.07) is 23.2.